The lowest BCUT2D eigenvalue weighted by atomic mass is 10.1. The summed E-state index contributed by atoms with van der Waals surface area (Å²) in [6.07, 6.45) is 1.14. The Morgan fingerprint density at radius 2 is 2.35 bits per heavy atom. The molecule has 1 fully saturated rings. The third kappa shape index (κ3) is 2.75. The molecule has 17 heavy (non-hydrogen) atoms. The molecule has 1 aliphatic heterocycles. The van der Waals surface area contributed by atoms with Crippen molar-refractivity contribution in [1.82, 2.24) is 5.32 Å². The van der Waals surface area contributed by atoms with Gasteiger partial charge >= 0.3 is 0 Å². The van der Waals surface area contributed by atoms with Gasteiger partial charge in [-0.1, -0.05) is 22.9 Å². The summed E-state index contributed by atoms with van der Waals surface area (Å²) in [6, 6.07) is 6.74. The smallest absolute Gasteiger partial charge is 0.142 e. The van der Waals surface area contributed by atoms with Crippen LogP contribution in [-0.4, -0.2) is 32.8 Å². The number of ether oxygens (including phenoxy) is 1. The SMILES string of the molecule is CCC1CNCCN1c1cc(Br)ccc1OC. The molecule has 1 aromatic carbocycles. The van der Waals surface area contributed by atoms with Crippen LogP contribution in [0.2, 0.25) is 0 Å². The first kappa shape index (κ1) is 12.7. The maximum absolute atomic E-state index is 5.46. The highest BCUT2D eigenvalue weighted by Crippen LogP contribution is 2.33. The third-order valence-corrected chi connectivity index (χ3v) is 3.77. The predicted molar refractivity (Wildman–Crippen MR) is 75.0 cm³/mol. The Labute approximate surface area is 111 Å². The Hall–Kier alpha value is -0.740. The zero-order valence-corrected chi connectivity index (χ0v) is 12.0. The molecule has 4 heteroatoms. The molecule has 1 unspecified atom stereocenters. The van der Waals surface area contributed by atoms with Crippen LogP contribution < -0.4 is 15.0 Å². The van der Waals surface area contributed by atoms with Gasteiger partial charge in [-0.05, 0) is 24.6 Å². The summed E-state index contributed by atoms with van der Waals surface area (Å²) in [6.45, 7) is 5.35. The van der Waals surface area contributed by atoms with Crippen molar-refractivity contribution >= 4 is 21.6 Å². The number of methoxy groups -OCH3 is 1. The van der Waals surface area contributed by atoms with Gasteiger partial charge in [-0.15, -0.1) is 0 Å². The van der Waals surface area contributed by atoms with Crippen LogP contribution in [0.4, 0.5) is 5.69 Å². The van der Waals surface area contributed by atoms with E-state index in [2.05, 4.69) is 39.1 Å². The molecule has 3 nitrogen and oxygen atoms in total. The Morgan fingerprint density at radius 1 is 1.53 bits per heavy atom. The number of anilines is 1. The van der Waals surface area contributed by atoms with Crippen LogP contribution in [0.25, 0.3) is 0 Å². The second-order valence-electron chi connectivity index (χ2n) is 4.28. The summed E-state index contributed by atoms with van der Waals surface area (Å²) in [4.78, 5) is 2.44. The van der Waals surface area contributed by atoms with Crippen LogP contribution >= 0.6 is 15.9 Å². The van der Waals surface area contributed by atoms with E-state index >= 15 is 0 Å². The van der Waals surface area contributed by atoms with Gasteiger partial charge in [-0.3, -0.25) is 0 Å². The first-order valence-corrected chi connectivity index (χ1v) is 6.86. The maximum Gasteiger partial charge on any atom is 0.142 e. The fourth-order valence-electron chi connectivity index (χ4n) is 2.33. The Kier molecular flexibility index (Phi) is 4.29. The monoisotopic (exact) mass is 298 g/mol. The number of rotatable bonds is 3. The number of benzene rings is 1. The summed E-state index contributed by atoms with van der Waals surface area (Å²) in [5, 5.41) is 3.44. The van der Waals surface area contributed by atoms with Crippen LogP contribution in [-0.2, 0) is 0 Å². The summed E-state index contributed by atoms with van der Waals surface area (Å²) in [7, 11) is 1.73. The third-order valence-electron chi connectivity index (χ3n) is 3.27. The molecule has 2 rings (SSSR count). The van der Waals surface area contributed by atoms with Gasteiger partial charge in [0.2, 0.25) is 0 Å². The zero-order valence-electron chi connectivity index (χ0n) is 10.4. The molecule has 1 heterocycles. The molecule has 0 spiro atoms. The first-order valence-electron chi connectivity index (χ1n) is 6.07. The number of halogens is 1. The number of nitrogens with one attached hydrogen (secondary N) is 1. The Bertz CT molecular complexity index is 384. The van der Waals surface area contributed by atoms with Crippen LogP contribution in [0, 0.1) is 0 Å². The average Bonchev–Trinajstić information content (AvgIpc) is 2.38. The van der Waals surface area contributed by atoms with Crippen molar-refractivity contribution in [3.05, 3.63) is 22.7 Å². The summed E-state index contributed by atoms with van der Waals surface area (Å²) in [5.74, 6) is 0.952. The molecule has 1 saturated heterocycles. The molecule has 1 aromatic rings. The number of hydrogen-bond donors (Lipinski definition) is 1. The molecular formula is C13H19BrN2O. The van der Waals surface area contributed by atoms with Crippen molar-refractivity contribution in [2.24, 2.45) is 0 Å². The van der Waals surface area contributed by atoms with Gasteiger partial charge in [0.15, 0.2) is 0 Å². The number of nitrogens with zero attached hydrogens (tertiary/aromatic N) is 1. The van der Waals surface area contributed by atoms with E-state index in [-0.39, 0.29) is 0 Å². The second kappa shape index (κ2) is 5.74. The largest absolute Gasteiger partial charge is 0.495 e. The van der Waals surface area contributed by atoms with E-state index in [1.807, 2.05) is 12.1 Å². The van der Waals surface area contributed by atoms with E-state index < -0.39 is 0 Å². The molecule has 0 aromatic heterocycles. The Morgan fingerprint density at radius 3 is 3.06 bits per heavy atom. The highest BCUT2D eigenvalue weighted by atomic mass is 79.9. The van der Waals surface area contributed by atoms with Crippen molar-refractivity contribution in [2.75, 3.05) is 31.6 Å². The molecule has 0 bridgehead atoms. The normalized spacial score (nSPS) is 20.4. The van der Waals surface area contributed by atoms with Crippen LogP contribution in [0.1, 0.15) is 13.3 Å². The average molecular weight is 299 g/mol. The van der Waals surface area contributed by atoms with Crippen LogP contribution in [0.3, 0.4) is 0 Å². The molecule has 0 amide bonds. The van der Waals surface area contributed by atoms with Crippen molar-refractivity contribution in [3.63, 3.8) is 0 Å². The van der Waals surface area contributed by atoms with Gasteiger partial charge < -0.3 is 15.0 Å². The highest BCUT2D eigenvalue weighted by Gasteiger charge is 2.23. The summed E-state index contributed by atoms with van der Waals surface area (Å²) >= 11 is 3.54. The lowest BCUT2D eigenvalue weighted by Crippen LogP contribution is -2.51. The molecular weight excluding hydrogens is 280 g/mol. The van der Waals surface area contributed by atoms with Gasteiger partial charge in [0.25, 0.3) is 0 Å². The van der Waals surface area contributed by atoms with Crippen molar-refractivity contribution < 1.29 is 4.74 Å². The van der Waals surface area contributed by atoms with Crippen molar-refractivity contribution in [1.29, 1.82) is 0 Å². The van der Waals surface area contributed by atoms with E-state index in [1.165, 1.54) is 5.69 Å². The maximum atomic E-state index is 5.46. The highest BCUT2D eigenvalue weighted by molar-refractivity contribution is 9.10. The predicted octanol–water partition coefficient (Wildman–Crippen LogP) is 2.65. The zero-order chi connectivity index (χ0) is 12.3. The van der Waals surface area contributed by atoms with Gasteiger partial charge in [-0.25, -0.2) is 0 Å². The molecule has 94 valence electrons. The minimum Gasteiger partial charge on any atom is -0.495 e. The fraction of sp³-hybridized carbons (Fsp3) is 0.538. The first-order chi connectivity index (χ1) is 8.26. The van der Waals surface area contributed by atoms with Gasteiger partial charge in [-0.2, -0.15) is 0 Å². The van der Waals surface area contributed by atoms with E-state index in [1.54, 1.807) is 7.11 Å². The lowest BCUT2D eigenvalue weighted by Gasteiger charge is -2.38. The summed E-state index contributed by atoms with van der Waals surface area (Å²) < 4.78 is 6.56. The molecule has 1 atom stereocenters. The quantitative estimate of drug-likeness (QED) is 0.928. The van der Waals surface area contributed by atoms with E-state index in [9.17, 15) is 0 Å². The van der Waals surface area contributed by atoms with E-state index in [0.717, 1.165) is 36.3 Å². The Balaban J connectivity index is 2.33. The molecule has 0 saturated carbocycles. The topological polar surface area (TPSA) is 24.5 Å². The minimum atomic E-state index is 0.548. The van der Waals surface area contributed by atoms with Crippen LogP contribution in [0.15, 0.2) is 22.7 Å². The number of hydrogen-bond acceptors (Lipinski definition) is 3. The van der Waals surface area contributed by atoms with Gasteiger partial charge in [0.1, 0.15) is 5.75 Å². The molecule has 1 aliphatic rings. The van der Waals surface area contributed by atoms with Crippen LogP contribution in [0.5, 0.6) is 5.75 Å². The molecule has 0 aliphatic carbocycles. The standard InChI is InChI=1S/C13H19BrN2O/c1-3-11-9-15-6-7-16(11)12-8-10(14)4-5-13(12)17-2/h4-5,8,11,15H,3,6-7,9H2,1-2H3. The van der Waals surface area contributed by atoms with Gasteiger partial charge in [0.05, 0.1) is 12.8 Å². The van der Waals surface area contributed by atoms with E-state index in [0.29, 0.717) is 6.04 Å². The van der Waals surface area contributed by atoms with Crippen molar-refractivity contribution in [2.45, 2.75) is 19.4 Å². The molecule has 1 N–H and O–H groups in total. The molecule has 0 radical (unpaired) electrons. The van der Waals surface area contributed by atoms with E-state index in [4.69, 9.17) is 4.74 Å². The lowest BCUT2D eigenvalue weighted by molar-refractivity contribution is 0.405. The summed E-state index contributed by atoms with van der Waals surface area (Å²) in [5.41, 5.74) is 1.19. The minimum absolute atomic E-state index is 0.548. The van der Waals surface area contributed by atoms with Gasteiger partial charge in [0, 0.05) is 30.1 Å². The van der Waals surface area contributed by atoms with Crippen molar-refractivity contribution in [3.8, 4) is 5.75 Å². The fourth-order valence-corrected chi connectivity index (χ4v) is 2.68. The second-order valence-corrected chi connectivity index (χ2v) is 5.19. The number of piperazine rings is 1.